The molecule has 0 radical (unpaired) electrons. The van der Waals surface area contributed by atoms with E-state index in [1.807, 2.05) is 20.8 Å². The summed E-state index contributed by atoms with van der Waals surface area (Å²) in [5.74, 6) is -0.556. The number of hydrogen-bond donors (Lipinski definition) is 1. The van der Waals surface area contributed by atoms with Crippen LogP contribution in [0.3, 0.4) is 0 Å². The minimum atomic E-state index is -0.478. The van der Waals surface area contributed by atoms with E-state index < -0.39 is 5.41 Å². The SMILES string of the molecule is CCC(C)(C)C(=O)Nc1nnc(C2CC(=O)N(c3ccc(F)cc3)C2)s1. The van der Waals surface area contributed by atoms with Gasteiger partial charge in [0.25, 0.3) is 0 Å². The average Bonchev–Trinajstić information content (AvgIpc) is 3.22. The summed E-state index contributed by atoms with van der Waals surface area (Å²) in [5.41, 5.74) is 0.191. The van der Waals surface area contributed by atoms with E-state index in [2.05, 4.69) is 15.5 Å². The normalized spacial score (nSPS) is 17.6. The molecule has 0 saturated carbocycles. The number of rotatable bonds is 5. The summed E-state index contributed by atoms with van der Waals surface area (Å²) < 4.78 is 13.1. The van der Waals surface area contributed by atoms with Crippen LogP contribution >= 0.6 is 11.3 Å². The maximum atomic E-state index is 13.1. The van der Waals surface area contributed by atoms with Crippen molar-refractivity contribution in [1.29, 1.82) is 0 Å². The molecule has 2 aromatic rings. The fourth-order valence-corrected chi connectivity index (χ4v) is 3.45. The van der Waals surface area contributed by atoms with Crippen molar-refractivity contribution in [2.24, 2.45) is 5.41 Å². The lowest BCUT2D eigenvalue weighted by molar-refractivity contribution is -0.124. The highest BCUT2D eigenvalue weighted by molar-refractivity contribution is 7.15. The van der Waals surface area contributed by atoms with E-state index in [0.717, 1.165) is 0 Å². The van der Waals surface area contributed by atoms with Crippen molar-refractivity contribution in [3.05, 3.63) is 35.1 Å². The minimum Gasteiger partial charge on any atom is -0.312 e. The van der Waals surface area contributed by atoms with Gasteiger partial charge in [-0.15, -0.1) is 10.2 Å². The fourth-order valence-electron chi connectivity index (χ4n) is 2.62. The monoisotopic (exact) mass is 376 g/mol. The maximum absolute atomic E-state index is 13.1. The first-order valence-electron chi connectivity index (χ1n) is 8.51. The van der Waals surface area contributed by atoms with Gasteiger partial charge in [-0.3, -0.25) is 9.59 Å². The van der Waals surface area contributed by atoms with E-state index in [1.54, 1.807) is 17.0 Å². The van der Waals surface area contributed by atoms with Gasteiger partial charge in [0.05, 0.1) is 0 Å². The molecule has 1 aromatic heterocycles. The van der Waals surface area contributed by atoms with Crippen LogP contribution in [0.25, 0.3) is 0 Å². The number of nitrogens with zero attached hydrogens (tertiary/aromatic N) is 3. The quantitative estimate of drug-likeness (QED) is 0.866. The highest BCUT2D eigenvalue weighted by Gasteiger charge is 2.34. The van der Waals surface area contributed by atoms with E-state index in [1.165, 1.54) is 23.5 Å². The Labute approximate surface area is 155 Å². The molecule has 0 bridgehead atoms. The summed E-state index contributed by atoms with van der Waals surface area (Å²) in [7, 11) is 0. The third kappa shape index (κ3) is 3.75. The van der Waals surface area contributed by atoms with E-state index in [0.29, 0.717) is 35.2 Å². The van der Waals surface area contributed by atoms with Crippen LogP contribution in [0.2, 0.25) is 0 Å². The van der Waals surface area contributed by atoms with Crippen molar-refractivity contribution in [3.8, 4) is 0 Å². The van der Waals surface area contributed by atoms with Crippen molar-refractivity contribution in [2.75, 3.05) is 16.8 Å². The van der Waals surface area contributed by atoms with E-state index >= 15 is 0 Å². The second kappa shape index (κ2) is 7.11. The van der Waals surface area contributed by atoms with Gasteiger partial charge in [0.1, 0.15) is 10.8 Å². The molecule has 1 saturated heterocycles. The first-order chi connectivity index (χ1) is 12.3. The standard InChI is InChI=1S/C18H21FN4O2S/c1-4-18(2,3)16(25)20-17-22-21-15(26-17)11-9-14(24)23(10-11)13-7-5-12(19)6-8-13/h5-8,11H,4,9-10H2,1-3H3,(H,20,22,25). The average molecular weight is 376 g/mol. The molecule has 8 heteroatoms. The highest BCUT2D eigenvalue weighted by Crippen LogP contribution is 2.34. The first-order valence-corrected chi connectivity index (χ1v) is 9.32. The predicted molar refractivity (Wildman–Crippen MR) is 98.7 cm³/mol. The van der Waals surface area contributed by atoms with Crippen molar-refractivity contribution in [1.82, 2.24) is 10.2 Å². The lowest BCUT2D eigenvalue weighted by Crippen LogP contribution is -2.29. The summed E-state index contributed by atoms with van der Waals surface area (Å²) in [5, 5.41) is 12.2. The van der Waals surface area contributed by atoms with Crippen LogP contribution in [0.5, 0.6) is 0 Å². The van der Waals surface area contributed by atoms with E-state index in [-0.39, 0.29) is 23.5 Å². The smallest absolute Gasteiger partial charge is 0.231 e. The van der Waals surface area contributed by atoms with Gasteiger partial charge < -0.3 is 10.2 Å². The van der Waals surface area contributed by atoms with Gasteiger partial charge in [-0.05, 0) is 30.7 Å². The lowest BCUT2D eigenvalue weighted by Gasteiger charge is -2.20. The van der Waals surface area contributed by atoms with E-state index in [4.69, 9.17) is 0 Å². The molecule has 1 fully saturated rings. The molecule has 1 aromatic carbocycles. The third-order valence-corrected chi connectivity index (χ3v) is 5.77. The van der Waals surface area contributed by atoms with Gasteiger partial charge in [0.2, 0.25) is 16.9 Å². The largest absolute Gasteiger partial charge is 0.312 e. The first kappa shape index (κ1) is 18.4. The number of benzene rings is 1. The number of aromatic nitrogens is 2. The summed E-state index contributed by atoms with van der Waals surface area (Å²) in [6.07, 6.45) is 1.04. The van der Waals surface area contributed by atoms with Crippen molar-refractivity contribution >= 4 is 34.0 Å². The maximum Gasteiger partial charge on any atom is 0.231 e. The molecular weight excluding hydrogens is 355 g/mol. The molecule has 1 unspecified atom stereocenters. The van der Waals surface area contributed by atoms with Crippen LogP contribution in [0.1, 0.15) is 44.5 Å². The molecule has 2 heterocycles. The summed E-state index contributed by atoms with van der Waals surface area (Å²) in [4.78, 5) is 26.2. The summed E-state index contributed by atoms with van der Waals surface area (Å²) in [6, 6.07) is 5.86. The summed E-state index contributed by atoms with van der Waals surface area (Å²) >= 11 is 1.29. The minimum absolute atomic E-state index is 0.0329. The van der Waals surface area contributed by atoms with Crippen LogP contribution in [0, 0.1) is 11.2 Å². The van der Waals surface area contributed by atoms with Crippen LogP contribution in [0.15, 0.2) is 24.3 Å². The number of halogens is 1. The lowest BCUT2D eigenvalue weighted by atomic mass is 9.89. The summed E-state index contributed by atoms with van der Waals surface area (Å²) in [6.45, 7) is 6.17. The molecule has 1 aliphatic rings. The Morgan fingerprint density at radius 3 is 2.69 bits per heavy atom. The molecule has 138 valence electrons. The van der Waals surface area contributed by atoms with Crippen LogP contribution < -0.4 is 10.2 Å². The van der Waals surface area contributed by atoms with Crippen LogP contribution in [0.4, 0.5) is 15.2 Å². The molecule has 0 aliphatic carbocycles. The molecule has 0 spiro atoms. The zero-order chi connectivity index (χ0) is 18.9. The van der Waals surface area contributed by atoms with E-state index in [9.17, 15) is 14.0 Å². The predicted octanol–water partition coefficient (Wildman–Crippen LogP) is 3.57. The Balaban J connectivity index is 1.69. The third-order valence-electron chi connectivity index (χ3n) is 4.77. The number of anilines is 2. The number of amides is 2. The van der Waals surface area contributed by atoms with Gasteiger partial charge in [0, 0.05) is 30.0 Å². The Morgan fingerprint density at radius 2 is 2.04 bits per heavy atom. The van der Waals surface area contributed by atoms with Crippen molar-refractivity contribution in [3.63, 3.8) is 0 Å². The molecule has 1 atom stereocenters. The molecule has 3 rings (SSSR count). The van der Waals surface area contributed by atoms with Crippen LogP contribution in [-0.4, -0.2) is 28.6 Å². The van der Waals surface area contributed by atoms with Crippen LogP contribution in [-0.2, 0) is 9.59 Å². The molecule has 1 aliphatic heterocycles. The number of hydrogen-bond acceptors (Lipinski definition) is 5. The van der Waals surface area contributed by atoms with Gasteiger partial charge in [-0.1, -0.05) is 32.1 Å². The highest BCUT2D eigenvalue weighted by atomic mass is 32.1. The number of nitrogens with one attached hydrogen (secondary N) is 1. The van der Waals surface area contributed by atoms with Gasteiger partial charge in [-0.25, -0.2) is 4.39 Å². The zero-order valence-corrected chi connectivity index (χ0v) is 15.8. The Hall–Kier alpha value is -2.35. The second-order valence-electron chi connectivity index (χ2n) is 7.02. The number of carbonyl (C=O) groups is 2. The Kier molecular flexibility index (Phi) is 5.04. The molecule has 2 amide bonds. The molecule has 6 nitrogen and oxygen atoms in total. The molecule has 1 N–H and O–H groups in total. The van der Waals surface area contributed by atoms with Gasteiger partial charge in [0.15, 0.2) is 0 Å². The Bertz CT molecular complexity index is 819. The number of carbonyl (C=O) groups excluding carboxylic acids is 2. The molecular formula is C18H21FN4O2S. The Morgan fingerprint density at radius 1 is 1.35 bits per heavy atom. The van der Waals surface area contributed by atoms with Gasteiger partial charge >= 0.3 is 0 Å². The van der Waals surface area contributed by atoms with Crippen molar-refractivity contribution < 1.29 is 14.0 Å². The topological polar surface area (TPSA) is 75.2 Å². The zero-order valence-electron chi connectivity index (χ0n) is 15.0. The fraction of sp³-hybridized carbons (Fsp3) is 0.444. The van der Waals surface area contributed by atoms with Crippen molar-refractivity contribution in [2.45, 2.75) is 39.5 Å². The molecule has 26 heavy (non-hydrogen) atoms. The van der Waals surface area contributed by atoms with Gasteiger partial charge in [-0.2, -0.15) is 0 Å². The second-order valence-corrected chi connectivity index (χ2v) is 8.03.